The minimum Gasteiger partial charge on any atom is -0.312 e. The average Bonchev–Trinajstić information content (AvgIpc) is 2.47. The van der Waals surface area contributed by atoms with E-state index >= 15 is 0 Å². The van der Waals surface area contributed by atoms with Crippen LogP contribution in [0, 0.1) is 6.92 Å². The zero-order chi connectivity index (χ0) is 11.5. The summed E-state index contributed by atoms with van der Waals surface area (Å²) in [4.78, 5) is 13.9. The van der Waals surface area contributed by atoms with Crippen molar-refractivity contribution < 1.29 is 4.79 Å². The molecule has 0 bridgehead atoms. The van der Waals surface area contributed by atoms with Crippen molar-refractivity contribution in [3.05, 3.63) is 28.2 Å². The van der Waals surface area contributed by atoms with E-state index in [1.54, 1.807) is 0 Å². The van der Waals surface area contributed by atoms with Gasteiger partial charge in [-0.3, -0.25) is 4.79 Å². The number of amides is 1. The van der Waals surface area contributed by atoms with Gasteiger partial charge in [-0.2, -0.15) is 0 Å². The van der Waals surface area contributed by atoms with Gasteiger partial charge in [-0.15, -0.1) is 0 Å². The molecule has 2 nitrogen and oxygen atoms in total. The SMILES string of the molecule is Cc1c(Br)cccc1N1CCCCCC1=O. The molecule has 1 aliphatic heterocycles. The molecule has 0 aromatic heterocycles. The van der Waals surface area contributed by atoms with E-state index in [0.717, 1.165) is 41.5 Å². The lowest BCUT2D eigenvalue weighted by molar-refractivity contribution is -0.118. The Labute approximate surface area is 105 Å². The predicted octanol–water partition coefficient (Wildman–Crippen LogP) is 3.66. The third kappa shape index (κ3) is 2.29. The molecule has 16 heavy (non-hydrogen) atoms. The second-order valence-electron chi connectivity index (χ2n) is 4.24. The van der Waals surface area contributed by atoms with Gasteiger partial charge in [0, 0.05) is 23.1 Å². The highest BCUT2D eigenvalue weighted by atomic mass is 79.9. The van der Waals surface area contributed by atoms with Crippen LogP contribution in [0.2, 0.25) is 0 Å². The smallest absolute Gasteiger partial charge is 0.226 e. The number of nitrogens with zero attached hydrogens (tertiary/aromatic N) is 1. The second kappa shape index (κ2) is 5.00. The maximum Gasteiger partial charge on any atom is 0.226 e. The number of halogens is 1. The first-order valence-corrected chi connectivity index (χ1v) is 6.55. The Hall–Kier alpha value is -0.830. The molecule has 0 spiro atoms. The van der Waals surface area contributed by atoms with Gasteiger partial charge in [0.05, 0.1) is 0 Å². The van der Waals surface area contributed by atoms with E-state index in [9.17, 15) is 4.79 Å². The van der Waals surface area contributed by atoms with E-state index in [-0.39, 0.29) is 5.91 Å². The lowest BCUT2D eigenvalue weighted by Crippen LogP contribution is -2.30. The minimum absolute atomic E-state index is 0.263. The van der Waals surface area contributed by atoms with Crippen molar-refractivity contribution in [1.29, 1.82) is 0 Å². The molecular formula is C13H16BrNO. The van der Waals surface area contributed by atoms with Crippen molar-refractivity contribution in [2.45, 2.75) is 32.6 Å². The van der Waals surface area contributed by atoms with Gasteiger partial charge >= 0.3 is 0 Å². The number of anilines is 1. The van der Waals surface area contributed by atoms with Gasteiger partial charge in [0.25, 0.3) is 0 Å². The van der Waals surface area contributed by atoms with Crippen molar-refractivity contribution in [2.75, 3.05) is 11.4 Å². The molecule has 1 amide bonds. The Morgan fingerprint density at radius 1 is 1.25 bits per heavy atom. The largest absolute Gasteiger partial charge is 0.312 e. The molecular weight excluding hydrogens is 266 g/mol. The van der Waals surface area contributed by atoms with Crippen molar-refractivity contribution >= 4 is 27.5 Å². The van der Waals surface area contributed by atoms with Crippen molar-refractivity contribution in [3.8, 4) is 0 Å². The fourth-order valence-electron chi connectivity index (χ4n) is 2.13. The molecule has 0 saturated carbocycles. The number of benzene rings is 1. The Kier molecular flexibility index (Phi) is 3.64. The summed E-state index contributed by atoms with van der Waals surface area (Å²) in [5.74, 6) is 0.263. The first-order chi connectivity index (χ1) is 7.70. The number of carbonyl (C=O) groups excluding carboxylic acids is 1. The van der Waals surface area contributed by atoms with Gasteiger partial charge in [-0.05, 0) is 37.5 Å². The van der Waals surface area contributed by atoms with Crippen LogP contribution in [0.4, 0.5) is 5.69 Å². The third-order valence-electron chi connectivity index (χ3n) is 3.10. The lowest BCUT2D eigenvalue weighted by Gasteiger charge is -2.23. The van der Waals surface area contributed by atoms with Crippen LogP contribution in [-0.4, -0.2) is 12.5 Å². The van der Waals surface area contributed by atoms with Crippen LogP contribution in [0.1, 0.15) is 31.2 Å². The third-order valence-corrected chi connectivity index (χ3v) is 3.96. The Morgan fingerprint density at radius 3 is 2.88 bits per heavy atom. The topological polar surface area (TPSA) is 20.3 Å². The summed E-state index contributed by atoms with van der Waals surface area (Å²) >= 11 is 3.51. The van der Waals surface area contributed by atoms with Gasteiger partial charge in [0.1, 0.15) is 0 Å². The maximum absolute atomic E-state index is 12.0. The zero-order valence-corrected chi connectivity index (χ0v) is 11.1. The molecule has 86 valence electrons. The number of hydrogen-bond acceptors (Lipinski definition) is 1. The highest BCUT2D eigenvalue weighted by molar-refractivity contribution is 9.10. The Morgan fingerprint density at radius 2 is 2.06 bits per heavy atom. The molecule has 0 radical (unpaired) electrons. The normalized spacial score (nSPS) is 17.4. The monoisotopic (exact) mass is 281 g/mol. The van der Waals surface area contributed by atoms with E-state index in [0.29, 0.717) is 6.42 Å². The van der Waals surface area contributed by atoms with Gasteiger partial charge in [0.2, 0.25) is 5.91 Å². The molecule has 0 N–H and O–H groups in total. The molecule has 0 aliphatic carbocycles. The summed E-state index contributed by atoms with van der Waals surface area (Å²) < 4.78 is 1.07. The molecule has 2 rings (SSSR count). The van der Waals surface area contributed by atoms with Gasteiger partial charge < -0.3 is 4.90 Å². The first-order valence-electron chi connectivity index (χ1n) is 5.75. The highest BCUT2D eigenvalue weighted by Crippen LogP contribution is 2.28. The standard InChI is InChI=1S/C13H16BrNO/c1-10-11(14)6-5-7-12(10)15-9-4-2-3-8-13(15)16/h5-7H,2-4,8-9H2,1H3. The van der Waals surface area contributed by atoms with Gasteiger partial charge in [-0.1, -0.05) is 28.4 Å². The fraction of sp³-hybridized carbons (Fsp3) is 0.462. The van der Waals surface area contributed by atoms with Crippen LogP contribution in [0.15, 0.2) is 22.7 Å². The summed E-state index contributed by atoms with van der Waals surface area (Å²) in [7, 11) is 0. The Bertz CT molecular complexity index is 403. The summed E-state index contributed by atoms with van der Waals surface area (Å²) in [6.45, 7) is 2.91. The van der Waals surface area contributed by atoms with Crippen LogP contribution in [0.3, 0.4) is 0 Å². The molecule has 1 fully saturated rings. The van der Waals surface area contributed by atoms with Crippen molar-refractivity contribution in [3.63, 3.8) is 0 Å². The van der Waals surface area contributed by atoms with E-state index in [2.05, 4.69) is 22.9 Å². The predicted molar refractivity (Wildman–Crippen MR) is 69.7 cm³/mol. The number of hydrogen-bond donors (Lipinski definition) is 0. The lowest BCUT2D eigenvalue weighted by atomic mass is 10.1. The first kappa shape index (κ1) is 11.6. The molecule has 1 heterocycles. The van der Waals surface area contributed by atoms with Crippen LogP contribution >= 0.6 is 15.9 Å². The maximum atomic E-state index is 12.0. The van der Waals surface area contributed by atoms with E-state index in [1.807, 2.05) is 23.1 Å². The minimum atomic E-state index is 0.263. The van der Waals surface area contributed by atoms with E-state index in [4.69, 9.17) is 0 Å². The molecule has 1 aromatic rings. The van der Waals surface area contributed by atoms with Crippen LogP contribution < -0.4 is 4.90 Å². The average molecular weight is 282 g/mol. The van der Waals surface area contributed by atoms with E-state index in [1.165, 1.54) is 0 Å². The quantitative estimate of drug-likeness (QED) is 0.769. The molecule has 1 aromatic carbocycles. The van der Waals surface area contributed by atoms with Crippen molar-refractivity contribution in [2.24, 2.45) is 0 Å². The zero-order valence-electron chi connectivity index (χ0n) is 9.50. The molecule has 0 atom stereocenters. The Balaban J connectivity index is 2.34. The summed E-state index contributed by atoms with van der Waals surface area (Å²) in [6, 6.07) is 6.04. The van der Waals surface area contributed by atoms with Crippen LogP contribution in [-0.2, 0) is 4.79 Å². The second-order valence-corrected chi connectivity index (χ2v) is 5.09. The van der Waals surface area contributed by atoms with E-state index < -0.39 is 0 Å². The fourth-order valence-corrected chi connectivity index (χ4v) is 2.48. The summed E-state index contributed by atoms with van der Waals surface area (Å²) in [5.41, 5.74) is 2.21. The number of carbonyl (C=O) groups is 1. The van der Waals surface area contributed by atoms with Gasteiger partial charge in [0.15, 0.2) is 0 Å². The molecule has 0 unspecified atom stereocenters. The summed E-state index contributed by atoms with van der Waals surface area (Å²) in [5, 5.41) is 0. The number of rotatable bonds is 1. The van der Waals surface area contributed by atoms with Gasteiger partial charge in [-0.25, -0.2) is 0 Å². The van der Waals surface area contributed by atoms with Crippen LogP contribution in [0.25, 0.3) is 0 Å². The molecule has 1 saturated heterocycles. The molecule has 3 heteroatoms. The molecule has 1 aliphatic rings. The highest BCUT2D eigenvalue weighted by Gasteiger charge is 2.19. The summed E-state index contributed by atoms with van der Waals surface area (Å²) in [6.07, 6.45) is 3.99. The van der Waals surface area contributed by atoms with Crippen molar-refractivity contribution in [1.82, 2.24) is 0 Å². The van der Waals surface area contributed by atoms with Crippen LogP contribution in [0.5, 0.6) is 0 Å².